The van der Waals surface area contributed by atoms with E-state index >= 15 is 0 Å². The summed E-state index contributed by atoms with van der Waals surface area (Å²) in [5, 5.41) is 0. The molecule has 0 amide bonds. The number of esters is 1. The average molecular weight is 274 g/mol. The Balaban J connectivity index is 1.82. The smallest absolute Gasteiger partial charge is 0.313 e. The van der Waals surface area contributed by atoms with Gasteiger partial charge in [-0.25, -0.2) is 0 Å². The number of Topliss-reactive ketones (excluding diaryl/α,β-unsaturated/α-hetero) is 1. The molecule has 1 saturated carbocycles. The van der Waals surface area contributed by atoms with E-state index in [4.69, 9.17) is 4.74 Å². The Morgan fingerprint density at radius 3 is 2.35 bits per heavy atom. The van der Waals surface area contributed by atoms with Gasteiger partial charge in [-0.1, -0.05) is 30.3 Å². The van der Waals surface area contributed by atoms with Gasteiger partial charge in [0.25, 0.3) is 0 Å². The second-order valence-electron chi connectivity index (χ2n) is 5.41. The molecule has 1 aromatic carbocycles. The molecule has 3 heteroatoms. The monoisotopic (exact) mass is 274 g/mol. The molecule has 0 bridgehead atoms. The quantitative estimate of drug-likeness (QED) is 0.610. The molecule has 1 aromatic rings. The molecular formula is C17H22O3. The maximum Gasteiger partial charge on any atom is 0.313 e. The van der Waals surface area contributed by atoms with Crippen molar-refractivity contribution in [2.75, 3.05) is 6.61 Å². The zero-order valence-corrected chi connectivity index (χ0v) is 12.0. The van der Waals surface area contributed by atoms with Crippen LogP contribution in [0.25, 0.3) is 0 Å². The van der Waals surface area contributed by atoms with Crippen LogP contribution in [0.2, 0.25) is 0 Å². The third kappa shape index (κ3) is 3.92. The highest BCUT2D eigenvalue weighted by molar-refractivity contribution is 5.96. The molecule has 108 valence electrons. The van der Waals surface area contributed by atoms with Gasteiger partial charge in [0.05, 0.1) is 6.61 Å². The highest BCUT2D eigenvalue weighted by atomic mass is 16.5. The molecule has 0 saturated heterocycles. The van der Waals surface area contributed by atoms with Gasteiger partial charge in [0.2, 0.25) is 0 Å². The van der Waals surface area contributed by atoms with Gasteiger partial charge < -0.3 is 4.74 Å². The summed E-state index contributed by atoms with van der Waals surface area (Å²) in [6.45, 7) is 2.10. The Morgan fingerprint density at radius 1 is 1.10 bits per heavy atom. The minimum Gasteiger partial charge on any atom is -0.466 e. The number of rotatable bonds is 5. The predicted octanol–water partition coefficient (Wildman–Crippen LogP) is 3.48. The predicted molar refractivity (Wildman–Crippen MR) is 77.4 cm³/mol. The van der Waals surface area contributed by atoms with Crippen molar-refractivity contribution in [1.29, 1.82) is 0 Å². The lowest BCUT2D eigenvalue weighted by molar-refractivity contribution is -0.146. The first-order valence-electron chi connectivity index (χ1n) is 7.44. The first kappa shape index (κ1) is 14.8. The van der Waals surface area contributed by atoms with Crippen molar-refractivity contribution in [2.45, 2.75) is 44.9 Å². The van der Waals surface area contributed by atoms with E-state index in [-0.39, 0.29) is 24.1 Å². The minimum atomic E-state index is -0.386. The minimum absolute atomic E-state index is 0.0411. The van der Waals surface area contributed by atoms with Crippen LogP contribution in [0.5, 0.6) is 0 Å². The molecule has 0 unspecified atom stereocenters. The first-order chi connectivity index (χ1) is 9.70. The fourth-order valence-corrected chi connectivity index (χ4v) is 2.97. The van der Waals surface area contributed by atoms with E-state index in [2.05, 4.69) is 24.3 Å². The summed E-state index contributed by atoms with van der Waals surface area (Å²) in [5.74, 6) is 0.264. The van der Waals surface area contributed by atoms with Gasteiger partial charge in [-0.3, -0.25) is 9.59 Å². The van der Waals surface area contributed by atoms with Crippen LogP contribution < -0.4 is 0 Å². The van der Waals surface area contributed by atoms with E-state index < -0.39 is 0 Å². The molecule has 2 rings (SSSR count). The van der Waals surface area contributed by atoms with Gasteiger partial charge in [0.15, 0.2) is 0 Å². The van der Waals surface area contributed by atoms with E-state index in [1.54, 1.807) is 6.92 Å². The van der Waals surface area contributed by atoms with Gasteiger partial charge in [-0.15, -0.1) is 0 Å². The van der Waals surface area contributed by atoms with E-state index in [0.717, 1.165) is 25.7 Å². The summed E-state index contributed by atoms with van der Waals surface area (Å²) in [7, 11) is 0. The van der Waals surface area contributed by atoms with Gasteiger partial charge in [-0.05, 0) is 44.1 Å². The number of hydrogen-bond donors (Lipinski definition) is 0. The number of benzene rings is 1. The molecule has 0 aliphatic heterocycles. The standard InChI is InChI=1S/C17H22O3/c1-2-20-17(19)12-16(18)15-10-8-14(9-11-15)13-6-4-3-5-7-13/h3-7,14-15H,2,8-12H2,1H3. The zero-order valence-electron chi connectivity index (χ0n) is 12.0. The molecule has 1 aliphatic rings. The van der Waals surface area contributed by atoms with Crippen molar-refractivity contribution in [3.8, 4) is 0 Å². The fraction of sp³-hybridized carbons (Fsp3) is 0.529. The molecular weight excluding hydrogens is 252 g/mol. The number of carbonyl (C=O) groups excluding carboxylic acids is 2. The summed E-state index contributed by atoms with van der Waals surface area (Å²) >= 11 is 0. The van der Waals surface area contributed by atoms with Crippen molar-refractivity contribution in [3.63, 3.8) is 0 Å². The maximum atomic E-state index is 12.0. The van der Waals surface area contributed by atoms with Crippen molar-refractivity contribution < 1.29 is 14.3 Å². The Bertz CT molecular complexity index is 445. The Labute approximate surface area is 120 Å². The van der Waals surface area contributed by atoms with E-state index in [9.17, 15) is 9.59 Å². The van der Waals surface area contributed by atoms with Crippen LogP contribution in [0.4, 0.5) is 0 Å². The number of hydrogen-bond acceptors (Lipinski definition) is 3. The second-order valence-corrected chi connectivity index (χ2v) is 5.41. The van der Waals surface area contributed by atoms with Gasteiger partial charge >= 0.3 is 5.97 Å². The molecule has 20 heavy (non-hydrogen) atoms. The summed E-state index contributed by atoms with van der Waals surface area (Å²) in [6, 6.07) is 10.5. The van der Waals surface area contributed by atoms with Crippen molar-refractivity contribution in [2.24, 2.45) is 5.92 Å². The average Bonchev–Trinajstić information content (AvgIpc) is 2.48. The zero-order chi connectivity index (χ0) is 14.4. The lowest BCUT2D eigenvalue weighted by Crippen LogP contribution is -2.24. The molecule has 3 nitrogen and oxygen atoms in total. The Morgan fingerprint density at radius 2 is 1.75 bits per heavy atom. The summed E-state index contributed by atoms with van der Waals surface area (Å²) in [4.78, 5) is 23.4. The van der Waals surface area contributed by atoms with Crippen molar-refractivity contribution >= 4 is 11.8 Å². The normalized spacial score (nSPS) is 22.2. The molecule has 0 spiro atoms. The number of ketones is 1. The van der Waals surface area contributed by atoms with E-state index in [1.807, 2.05) is 6.07 Å². The van der Waals surface area contributed by atoms with Crippen LogP contribution in [0.1, 0.15) is 50.5 Å². The second kappa shape index (κ2) is 7.22. The Kier molecular flexibility index (Phi) is 5.33. The third-order valence-corrected chi connectivity index (χ3v) is 4.08. The third-order valence-electron chi connectivity index (χ3n) is 4.08. The maximum absolute atomic E-state index is 12.0. The van der Waals surface area contributed by atoms with E-state index in [0.29, 0.717) is 12.5 Å². The molecule has 1 aliphatic carbocycles. The largest absolute Gasteiger partial charge is 0.466 e. The SMILES string of the molecule is CCOC(=O)CC(=O)C1CCC(c2ccccc2)CC1. The highest BCUT2D eigenvalue weighted by Crippen LogP contribution is 2.36. The van der Waals surface area contributed by atoms with Crippen LogP contribution in [-0.2, 0) is 14.3 Å². The van der Waals surface area contributed by atoms with Crippen molar-refractivity contribution in [1.82, 2.24) is 0 Å². The fourth-order valence-electron chi connectivity index (χ4n) is 2.97. The lowest BCUT2D eigenvalue weighted by atomic mass is 9.77. The lowest BCUT2D eigenvalue weighted by Gasteiger charge is -2.27. The van der Waals surface area contributed by atoms with Gasteiger partial charge in [0, 0.05) is 5.92 Å². The van der Waals surface area contributed by atoms with Crippen LogP contribution in [0.15, 0.2) is 30.3 Å². The van der Waals surface area contributed by atoms with Gasteiger partial charge in [0.1, 0.15) is 12.2 Å². The molecule has 1 fully saturated rings. The van der Waals surface area contributed by atoms with Crippen LogP contribution in [0.3, 0.4) is 0 Å². The summed E-state index contributed by atoms with van der Waals surface area (Å²) in [6.07, 6.45) is 3.77. The molecule has 0 atom stereocenters. The molecule has 0 aromatic heterocycles. The van der Waals surface area contributed by atoms with Crippen LogP contribution in [-0.4, -0.2) is 18.4 Å². The van der Waals surface area contributed by atoms with Crippen molar-refractivity contribution in [3.05, 3.63) is 35.9 Å². The summed E-state index contributed by atoms with van der Waals surface area (Å²) < 4.78 is 4.83. The first-order valence-corrected chi connectivity index (χ1v) is 7.44. The topological polar surface area (TPSA) is 43.4 Å². The van der Waals surface area contributed by atoms with Gasteiger partial charge in [-0.2, -0.15) is 0 Å². The summed E-state index contributed by atoms with van der Waals surface area (Å²) in [5.41, 5.74) is 1.36. The van der Waals surface area contributed by atoms with Crippen LogP contribution >= 0.6 is 0 Å². The number of carbonyl (C=O) groups is 2. The molecule has 0 heterocycles. The van der Waals surface area contributed by atoms with E-state index in [1.165, 1.54) is 5.56 Å². The Hall–Kier alpha value is -1.64. The molecule has 0 radical (unpaired) electrons. The highest BCUT2D eigenvalue weighted by Gasteiger charge is 2.28. The van der Waals surface area contributed by atoms with Crippen LogP contribution in [0, 0.1) is 5.92 Å². The number of ether oxygens (including phenoxy) is 1. The molecule has 0 N–H and O–H groups in total.